The first-order valence-electron chi connectivity index (χ1n) is 11.9. The molecule has 28 heavy (non-hydrogen) atoms. The maximum Gasteiger partial charge on any atom is 0.240 e. The number of carbonyl (C=O) groups is 1. The summed E-state index contributed by atoms with van der Waals surface area (Å²) in [6.07, 6.45) is 18.7. The van der Waals surface area contributed by atoms with Gasteiger partial charge in [-0.25, -0.2) is 8.42 Å². The Hall–Kier alpha value is -0.580. The number of hydrogen-bond acceptors (Lipinski definition) is 3. The van der Waals surface area contributed by atoms with Crippen LogP contribution in [0.4, 0.5) is 0 Å². The molecule has 0 radical (unpaired) electrons. The van der Waals surface area contributed by atoms with Gasteiger partial charge in [-0.2, -0.15) is 0 Å². The molecule has 4 nitrogen and oxygen atoms in total. The topological polar surface area (TPSA) is 63.2 Å². The standard InChI is InChI=1S/C23H43NO3S/c1-22(17-13-9-5-3-4-6-10-14-18-22)21(25)24-28(26,27)23(2)19-15-11-7-8-12-16-20-23/h3-20H2,1-2H3,(H,24,25). The quantitative estimate of drug-likeness (QED) is 0.595. The summed E-state index contributed by atoms with van der Waals surface area (Å²) in [5.41, 5.74) is -0.563. The van der Waals surface area contributed by atoms with Gasteiger partial charge >= 0.3 is 0 Å². The first kappa shape index (κ1) is 23.7. The van der Waals surface area contributed by atoms with E-state index in [1.807, 2.05) is 13.8 Å². The van der Waals surface area contributed by atoms with Crippen LogP contribution in [-0.4, -0.2) is 19.1 Å². The van der Waals surface area contributed by atoms with Gasteiger partial charge in [0.2, 0.25) is 15.9 Å². The molecule has 2 rings (SSSR count). The lowest BCUT2D eigenvalue weighted by atomic mass is 9.79. The molecule has 2 saturated carbocycles. The molecule has 2 aliphatic carbocycles. The number of sulfonamides is 1. The van der Waals surface area contributed by atoms with Crippen LogP contribution in [0, 0.1) is 5.41 Å². The average molecular weight is 414 g/mol. The second-order valence-corrected chi connectivity index (χ2v) is 12.1. The summed E-state index contributed by atoms with van der Waals surface area (Å²) in [7, 11) is -3.67. The maximum atomic E-state index is 13.3. The summed E-state index contributed by atoms with van der Waals surface area (Å²) in [6.45, 7) is 3.84. The van der Waals surface area contributed by atoms with Crippen LogP contribution in [0.1, 0.15) is 129 Å². The van der Waals surface area contributed by atoms with Crippen molar-refractivity contribution >= 4 is 15.9 Å². The summed E-state index contributed by atoms with van der Waals surface area (Å²) in [5, 5.41) is 0. The van der Waals surface area contributed by atoms with Gasteiger partial charge in [-0.3, -0.25) is 9.52 Å². The van der Waals surface area contributed by atoms with Gasteiger partial charge in [0.05, 0.1) is 4.75 Å². The van der Waals surface area contributed by atoms with Crippen LogP contribution in [0.5, 0.6) is 0 Å². The fraction of sp³-hybridized carbons (Fsp3) is 0.957. The van der Waals surface area contributed by atoms with Gasteiger partial charge in [0.15, 0.2) is 0 Å². The normalized spacial score (nSPS) is 25.4. The maximum absolute atomic E-state index is 13.3. The van der Waals surface area contributed by atoms with E-state index in [9.17, 15) is 13.2 Å². The van der Waals surface area contributed by atoms with Gasteiger partial charge in [0, 0.05) is 5.41 Å². The van der Waals surface area contributed by atoms with E-state index in [1.54, 1.807) is 0 Å². The zero-order valence-corrected chi connectivity index (χ0v) is 19.2. The predicted octanol–water partition coefficient (Wildman–Crippen LogP) is 6.25. The summed E-state index contributed by atoms with van der Waals surface area (Å²) in [5.74, 6) is -0.257. The first-order valence-corrected chi connectivity index (χ1v) is 13.3. The molecule has 0 saturated heterocycles. The summed E-state index contributed by atoms with van der Waals surface area (Å²) in [4.78, 5) is 13.2. The lowest BCUT2D eigenvalue weighted by Gasteiger charge is -2.33. The lowest BCUT2D eigenvalue weighted by molar-refractivity contribution is -0.129. The molecule has 0 aromatic heterocycles. The van der Waals surface area contributed by atoms with Crippen molar-refractivity contribution in [1.82, 2.24) is 4.72 Å². The number of carbonyl (C=O) groups excluding carboxylic acids is 1. The minimum Gasteiger partial charge on any atom is -0.273 e. The van der Waals surface area contributed by atoms with E-state index >= 15 is 0 Å². The van der Waals surface area contributed by atoms with Gasteiger partial charge in [0.1, 0.15) is 0 Å². The van der Waals surface area contributed by atoms with E-state index in [4.69, 9.17) is 0 Å². The van der Waals surface area contributed by atoms with Crippen molar-refractivity contribution in [2.24, 2.45) is 5.41 Å². The highest BCUT2D eigenvalue weighted by Crippen LogP contribution is 2.36. The van der Waals surface area contributed by atoms with Crippen molar-refractivity contribution in [2.45, 2.75) is 134 Å². The van der Waals surface area contributed by atoms with Crippen LogP contribution < -0.4 is 4.72 Å². The van der Waals surface area contributed by atoms with Gasteiger partial charge < -0.3 is 0 Å². The highest BCUT2D eigenvalue weighted by atomic mass is 32.2. The SMILES string of the molecule is CC1(C(=O)NS(=O)(=O)C2(C)CCCCCCCC2)CCCCCCCCCC1. The largest absolute Gasteiger partial charge is 0.273 e. The Kier molecular flexibility index (Phi) is 9.30. The molecule has 2 fully saturated rings. The van der Waals surface area contributed by atoms with Crippen LogP contribution in [0.15, 0.2) is 0 Å². The molecule has 0 atom stereocenters. The molecule has 2 aliphatic rings. The van der Waals surface area contributed by atoms with Crippen molar-refractivity contribution in [3.05, 3.63) is 0 Å². The van der Waals surface area contributed by atoms with E-state index in [0.717, 1.165) is 64.2 Å². The Labute approximate surface area is 173 Å². The molecule has 0 heterocycles. The van der Waals surface area contributed by atoms with Crippen molar-refractivity contribution in [3.8, 4) is 0 Å². The van der Waals surface area contributed by atoms with Crippen molar-refractivity contribution in [2.75, 3.05) is 0 Å². The van der Waals surface area contributed by atoms with Crippen molar-refractivity contribution < 1.29 is 13.2 Å². The molecule has 0 unspecified atom stereocenters. The highest BCUT2D eigenvalue weighted by molar-refractivity contribution is 7.91. The Balaban J connectivity index is 2.09. The monoisotopic (exact) mass is 413 g/mol. The second kappa shape index (κ2) is 11.0. The number of amides is 1. The zero-order valence-electron chi connectivity index (χ0n) is 18.4. The van der Waals surface area contributed by atoms with Crippen LogP contribution in [0.3, 0.4) is 0 Å². The van der Waals surface area contributed by atoms with E-state index < -0.39 is 20.2 Å². The zero-order chi connectivity index (χ0) is 20.5. The lowest BCUT2D eigenvalue weighted by Crippen LogP contribution is -2.50. The summed E-state index contributed by atoms with van der Waals surface area (Å²) >= 11 is 0. The van der Waals surface area contributed by atoms with E-state index in [1.165, 1.54) is 38.5 Å². The van der Waals surface area contributed by atoms with Crippen LogP contribution in [-0.2, 0) is 14.8 Å². The molecule has 0 bridgehead atoms. The van der Waals surface area contributed by atoms with Crippen LogP contribution in [0.2, 0.25) is 0 Å². The molecular weight excluding hydrogens is 370 g/mol. The minimum absolute atomic E-state index is 0.257. The van der Waals surface area contributed by atoms with Gasteiger partial charge in [0.25, 0.3) is 0 Å². The Bertz CT molecular complexity index is 563. The molecule has 0 aromatic carbocycles. The Morgan fingerprint density at radius 2 is 0.929 bits per heavy atom. The summed E-state index contributed by atoms with van der Waals surface area (Å²) < 4.78 is 28.3. The van der Waals surface area contributed by atoms with Crippen LogP contribution >= 0.6 is 0 Å². The van der Waals surface area contributed by atoms with Gasteiger partial charge in [-0.15, -0.1) is 0 Å². The fourth-order valence-electron chi connectivity index (χ4n) is 4.91. The molecule has 0 spiro atoms. The number of rotatable bonds is 3. The minimum atomic E-state index is -3.67. The van der Waals surface area contributed by atoms with Gasteiger partial charge in [-0.1, -0.05) is 96.8 Å². The van der Waals surface area contributed by atoms with Crippen molar-refractivity contribution in [3.63, 3.8) is 0 Å². The van der Waals surface area contributed by atoms with Crippen molar-refractivity contribution in [1.29, 1.82) is 0 Å². The first-order chi connectivity index (χ1) is 13.3. The molecule has 1 N–H and O–H groups in total. The smallest absolute Gasteiger partial charge is 0.240 e. The molecule has 164 valence electrons. The molecule has 0 aliphatic heterocycles. The van der Waals surface area contributed by atoms with Gasteiger partial charge in [-0.05, 0) is 32.6 Å². The van der Waals surface area contributed by atoms with E-state index in [2.05, 4.69) is 4.72 Å². The van der Waals surface area contributed by atoms with E-state index in [-0.39, 0.29) is 5.91 Å². The third-order valence-corrected chi connectivity index (χ3v) is 9.45. The molecular formula is C23H43NO3S. The fourth-order valence-corrected chi connectivity index (χ4v) is 6.47. The predicted molar refractivity (Wildman–Crippen MR) is 117 cm³/mol. The highest BCUT2D eigenvalue weighted by Gasteiger charge is 2.42. The Morgan fingerprint density at radius 1 is 0.607 bits per heavy atom. The average Bonchev–Trinajstić information content (AvgIpc) is 2.71. The second-order valence-electron chi connectivity index (χ2n) is 9.89. The third kappa shape index (κ3) is 6.74. The molecule has 1 amide bonds. The summed E-state index contributed by atoms with van der Waals surface area (Å²) in [6, 6.07) is 0. The van der Waals surface area contributed by atoms with E-state index in [0.29, 0.717) is 12.8 Å². The van der Waals surface area contributed by atoms with Crippen LogP contribution in [0.25, 0.3) is 0 Å². The number of hydrogen-bond donors (Lipinski definition) is 1. The molecule has 5 heteroatoms. The Morgan fingerprint density at radius 3 is 1.32 bits per heavy atom. The number of nitrogens with one attached hydrogen (secondary N) is 1. The molecule has 0 aromatic rings. The third-order valence-electron chi connectivity index (χ3n) is 7.29.